The molecule has 1 nitrogen and oxygen atoms in total. The van der Waals surface area contributed by atoms with Crippen LogP contribution in [0.4, 0.5) is 0 Å². The summed E-state index contributed by atoms with van der Waals surface area (Å²) in [6, 6.07) is 8.69. The monoisotopic (exact) mass is 191 g/mol. The third-order valence-corrected chi connectivity index (χ3v) is 2.95. The van der Waals surface area contributed by atoms with Gasteiger partial charge in [0.2, 0.25) is 0 Å². The largest absolute Gasteiger partial charge is 0.385 e. The van der Waals surface area contributed by atoms with E-state index in [0.29, 0.717) is 0 Å². The fourth-order valence-corrected chi connectivity index (χ4v) is 1.89. The maximum absolute atomic E-state index is 3.36. The molecule has 0 aromatic heterocycles. The molecule has 0 saturated heterocycles. The van der Waals surface area contributed by atoms with E-state index in [4.69, 9.17) is 0 Å². The van der Waals surface area contributed by atoms with Crippen molar-refractivity contribution in [2.45, 2.75) is 11.3 Å². The van der Waals surface area contributed by atoms with Gasteiger partial charge in [0.25, 0.3) is 0 Å². The van der Waals surface area contributed by atoms with Crippen LogP contribution in [-0.2, 0) is 0 Å². The number of hydrogen-bond acceptors (Lipinski definition) is 2. The number of rotatable bonds is 2. The highest BCUT2D eigenvalue weighted by atomic mass is 32.2. The van der Waals surface area contributed by atoms with E-state index in [2.05, 4.69) is 41.9 Å². The Bertz CT molecular complexity index is 313. The predicted octanol–water partition coefficient (Wildman–Crippen LogP) is 2.74. The van der Waals surface area contributed by atoms with E-state index in [-0.39, 0.29) is 0 Å². The van der Waals surface area contributed by atoms with Crippen molar-refractivity contribution in [3.8, 4) is 0 Å². The van der Waals surface area contributed by atoms with Crippen LogP contribution in [0.25, 0.3) is 5.70 Å². The van der Waals surface area contributed by atoms with Gasteiger partial charge in [-0.2, -0.15) is 0 Å². The zero-order chi connectivity index (χ0) is 9.10. The molecule has 1 aliphatic heterocycles. The van der Waals surface area contributed by atoms with Gasteiger partial charge in [-0.05, 0) is 30.4 Å². The van der Waals surface area contributed by atoms with E-state index >= 15 is 0 Å². The molecule has 1 N–H and O–H groups in total. The summed E-state index contributed by atoms with van der Waals surface area (Å²) < 4.78 is 0. The molecule has 1 aromatic carbocycles. The van der Waals surface area contributed by atoms with Crippen LogP contribution in [0.1, 0.15) is 12.0 Å². The van der Waals surface area contributed by atoms with Crippen LogP contribution in [0, 0.1) is 0 Å². The molecule has 68 valence electrons. The molecule has 0 amide bonds. The maximum atomic E-state index is 3.36. The summed E-state index contributed by atoms with van der Waals surface area (Å²) in [7, 11) is 0. The average Bonchev–Trinajstić information content (AvgIpc) is 2.71. The lowest BCUT2D eigenvalue weighted by atomic mass is 10.1. The van der Waals surface area contributed by atoms with Crippen LogP contribution >= 0.6 is 11.8 Å². The second kappa shape index (κ2) is 3.88. The SMILES string of the molecule is CSc1ccc(C2=CCCN2)cc1. The van der Waals surface area contributed by atoms with Crippen LogP contribution in [-0.4, -0.2) is 12.8 Å². The van der Waals surface area contributed by atoms with Gasteiger partial charge in [0.05, 0.1) is 0 Å². The van der Waals surface area contributed by atoms with Gasteiger partial charge in [-0.1, -0.05) is 18.2 Å². The van der Waals surface area contributed by atoms with Crippen molar-refractivity contribution in [3.05, 3.63) is 35.9 Å². The Hall–Kier alpha value is -0.890. The molecule has 0 aliphatic carbocycles. The summed E-state index contributed by atoms with van der Waals surface area (Å²) in [5, 5.41) is 3.36. The molecular formula is C11H13NS. The van der Waals surface area contributed by atoms with Gasteiger partial charge in [-0.3, -0.25) is 0 Å². The Morgan fingerprint density at radius 3 is 2.54 bits per heavy atom. The lowest BCUT2D eigenvalue weighted by molar-refractivity contribution is 0.928. The Kier molecular flexibility index (Phi) is 2.60. The number of nitrogens with one attached hydrogen (secondary N) is 1. The topological polar surface area (TPSA) is 12.0 Å². The molecule has 1 aliphatic rings. The first-order valence-corrected chi connectivity index (χ1v) is 5.71. The number of thioether (sulfide) groups is 1. The lowest BCUT2D eigenvalue weighted by Gasteiger charge is -2.04. The quantitative estimate of drug-likeness (QED) is 0.721. The zero-order valence-electron chi connectivity index (χ0n) is 7.71. The molecule has 1 heterocycles. The molecule has 1 aromatic rings. The molecule has 13 heavy (non-hydrogen) atoms. The Balaban J connectivity index is 2.22. The normalized spacial score (nSPS) is 15.3. The highest BCUT2D eigenvalue weighted by Crippen LogP contribution is 2.20. The zero-order valence-corrected chi connectivity index (χ0v) is 8.53. The minimum atomic E-state index is 1.08. The Labute approximate surface area is 83.2 Å². The van der Waals surface area contributed by atoms with Crippen molar-refractivity contribution in [2.24, 2.45) is 0 Å². The fourth-order valence-electron chi connectivity index (χ4n) is 1.49. The molecule has 0 bridgehead atoms. The molecule has 0 fully saturated rings. The van der Waals surface area contributed by atoms with E-state index in [9.17, 15) is 0 Å². The molecule has 2 heteroatoms. The van der Waals surface area contributed by atoms with Gasteiger partial charge in [0, 0.05) is 17.1 Å². The summed E-state index contributed by atoms with van der Waals surface area (Å²) >= 11 is 1.78. The first-order valence-electron chi connectivity index (χ1n) is 4.48. The molecule has 0 spiro atoms. The smallest absolute Gasteiger partial charge is 0.0374 e. The first kappa shape index (κ1) is 8.70. The van der Waals surface area contributed by atoms with Crippen molar-refractivity contribution in [1.82, 2.24) is 5.32 Å². The Morgan fingerprint density at radius 1 is 1.23 bits per heavy atom. The van der Waals surface area contributed by atoms with Gasteiger partial charge >= 0.3 is 0 Å². The highest BCUT2D eigenvalue weighted by molar-refractivity contribution is 7.98. The number of hydrogen-bond donors (Lipinski definition) is 1. The molecule has 0 unspecified atom stereocenters. The predicted molar refractivity (Wildman–Crippen MR) is 58.8 cm³/mol. The van der Waals surface area contributed by atoms with Gasteiger partial charge in [0.15, 0.2) is 0 Å². The fraction of sp³-hybridized carbons (Fsp3) is 0.273. The molecule has 0 saturated carbocycles. The van der Waals surface area contributed by atoms with Crippen LogP contribution in [0.2, 0.25) is 0 Å². The van der Waals surface area contributed by atoms with E-state index in [0.717, 1.165) is 13.0 Å². The van der Waals surface area contributed by atoms with E-state index < -0.39 is 0 Å². The average molecular weight is 191 g/mol. The second-order valence-electron chi connectivity index (χ2n) is 3.06. The minimum Gasteiger partial charge on any atom is -0.385 e. The van der Waals surface area contributed by atoms with Crippen LogP contribution < -0.4 is 5.32 Å². The second-order valence-corrected chi connectivity index (χ2v) is 3.94. The highest BCUT2D eigenvalue weighted by Gasteiger charge is 2.04. The van der Waals surface area contributed by atoms with E-state index in [1.807, 2.05) is 0 Å². The summed E-state index contributed by atoms with van der Waals surface area (Å²) in [5.74, 6) is 0. The van der Waals surface area contributed by atoms with Crippen molar-refractivity contribution >= 4 is 17.5 Å². The number of benzene rings is 1. The van der Waals surface area contributed by atoms with Crippen molar-refractivity contribution in [2.75, 3.05) is 12.8 Å². The summed E-state index contributed by atoms with van der Waals surface area (Å²) in [4.78, 5) is 1.32. The van der Waals surface area contributed by atoms with Crippen LogP contribution in [0.15, 0.2) is 35.2 Å². The van der Waals surface area contributed by atoms with Gasteiger partial charge in [-0.15, -0.1) is 11.8 Å². The minimum absolute atomic E-state index is 1.08. The van der Waals surface area contributed by atoms with Crippen LogP contribution in [0.3, 0.4) is 0 Å². The van der Waals surface area contributed by atoms with Crippen molar-refractivity contribution in [3.63, 3.8) is 0 Å². The van der Waals surface area contributed by atoms with Crippen molar-refractivity contribution in [1.29, 1.82) is 0 Å². The Morgan fingerprint density at radius 2 is 2.00 bits per heavy atom. The van der Waals surface area contributed by atoms with E-state index in [1.54, 1.807) is 11.8 Å². The van der Waals surface area contributed by atoms with E-state index in [1.165, 1.54) is 16.2 Å². The van der Waals surface area contributed by atoms with Crippen molar-refractivity contribution < 1.29 is 0 Å². The summed E-state index contributed by atoms with van der Waals surface area (Å²) in [6.45, 7) is 1.08. The summed E-state index contributed by atoms with van der Waals surface area (Å²) in [5.41, 5.74) is 2.59. The van der Waals surface area contributed by atoms with Gasteiger partial charge in [-0.25, -0.2) is 0 Å². The lowest BCUT2D eigenvalue weighted by Crippen LogP contribution is -2.05. The van der Waals surface area contributed by atoms with Gasteiger partial charge in [0.1, 0.15) is 0 Å². The first-order chi connectivity index (χ1) is 6.40. The molecule has 0 radical (unpaired) electrons. The van der Waals surface area contributed by atoms with Gasteiger partial charge < -0.3 is 5.32 Å². The third kappa shape index (κ3) is 1.89. The molecule has 2 rings (SSSR count). The van der Waals surface area contributed by atoms with Crippen LogP contribution in [0.5, 0.6) is 0 Å². The summed E-state index contributed by atoms with van der Waals surface area (Å²) in [6.07, 6.45) is 5.51. The maximum Gasteiger partial charge on any atom is 0.0374 e. The third-order valence-electron chi connectivity index (χ3n) is 2.21. The standard InChI is InChI=1S/C11H13NS/c1-13-10-6-4-9(5-7-10)11-3-2-8-12-11/h3-7,12H,2,8H2,1H3. The molecular weight excluding hydrogens is 178 g/mol. The molecule has 0 atom stereocenters.